The van der Waals surface area contributed by atoms with E-state index >= 15 is 0 Å². The molecular weight excluding hydrogens is 248 g/mol. The Balaban J connectivity index is 1.40. The SMILES string of the molecule is CC1CN2CCCC2CN1CCNCc1ccccn1. The van der Waals surface area contributed by atoms with Crippen LogP contribution in [0.3, 0.4) is 0 Å². The molecule has 3 heterocycles. The van der Waals surface area contributed by atoms with Gasteiger partial charge >= 0.3 is 0 Å². The number of aromatic nitrogens is 1. The first-order valence-corrected chi connectivity index (χ1v) is 7.91. The molecule has 4 heteroatoms. The van der Waals surface area contributed by atoms with Crippen molar-refractivity contribution in [2.75, 3.05) is 32.7 Å². The highest BCUT2D eigenvalue weighted by Crippen LogP contribution is 2.24. The van der Waals surface area contributed by atoms with E-state index in [1.165, 1.54) is 32.5 Å². The first kappa shape index (κ1) is 14.0. The van der Waals surface area contributed by atoms with E-state index in [2.05, 4.69) is 33.1 Å². The fourth-order valence-corrected chi connectivity index (χ4v) is 3.50. The average Bonchev–Trinajstić information content (AvgIpc) is 2.91. The lowest BCUT2D eigenvalue weighted by molar-refractivity contribution is 0.0603. The van der Waals surface area contributed by atoms with Gasteiger partial charge < -0.3 is 5.32 Å². The van der Waals surface area contributed by atoms with Crippen LogP contribution in [0.25, 0.3) is 0 Å². The number of fused-ring (bicyclic) bond motifs is 1. The van der Waals surface area contributed by atoms with E-state index in [-0.39, 0.29) is 0 Å². The third kappa shape index (κ3) is 3.37. The van der Waals surface area contributed by atoms with Crippen LogP contribution in [0.15, 0.2) is 24.4 Å². The molecule has 2 aliphatic rings. The molecule has 1 aromatic rings. The van der Waals surface area contributed by atoms with E-state index in [0.717, 1.165) is 31.4 Å². The van der Waals surface area contributed by atoms with Gasteiger partial charge in [-0.3, -0.25) is 14.8 Å². The van der Waals surface area contributed by atoms with Crippen LogP contribution in [-0.4, -0.2) is 59.6 Å². The summed E-state index contributed by atoms with van der Waals surface area (Å²) in [7, 11) is 0. The molecule has 2 atom stereocenters. The van der Waals surface area contributed by atoms with Crippen molar-refractivity contribution in [3.05, 3.63) is 30.1 Å². The lowest BCUT2D eigenvalue weighted by Gasteiger charge is -2.42. The number of piperazine rings is 1. The molecule has 2 fully saturated rings. The molecule has 1 aromatic heterocycles. The summed E-state index contributed by atoms with van der Waals surface area (Å²) in [4.78, 5) is 9.67. The van der Waals surface area contributed by atoms with Crippen LogP contribution < -0.4 is 5.32 Å². The first-order chi connectivity index (χ1) is 9.83. The second-order valence-corrected chi connectivity index (χ2v) is 6.13. The third-order valence-corrected chi connectivity index (χ3v) is 4.67. The number of rotatable bonds is 5. The number of nitrogens with zero attached hydrogens (tertiary/aromatic N) is 3. The Morgan fingerprint density at radius 3 is 3.15 bits per heavy atom. The second kappa shape index (κ2) is 6.66. The highest BCUT2D eigenvalue weighted by atomic mass is 15.3. The van der Waals surface area contributed by atoms with Gasteiger partial charge in [-0.1, -0.05) is 6.07 Å². The van der Waals surface area contributed by atoms with Crippen LogP contribution in [0.4, 0.5) is 0 Å². The van der Waals surface area contributed by atoms with Crippen molar-refractivity contribution >= 4 is 0 Å². The average molecular weight is 274 g/mol. The number of nitrogens with one attached hydrogen (secondary N) is 1. The Bertz CT molecular complexity index is 408. The van der Waals surface area contributed by atoms with Crippen LogP contribution in [0.5, 0.6) is 0 Å². The largest absolute Gasteiger partial charge is 0.310 e. The van der Waals surface area contributed by atoms with E-state index in [0.29, 0.717) is 6.04 Å². The lowest BCUT2D eigenvalue weighted by atomic mass is 10.1. The molecule has 3 rings (SSSR count). The quantitative estimate of drug-likeness (QED) is 0.821. The summed E-state index contributed by atoms with van der Waals surface area (Å²) in [6, 6.07) is 7.60. The van der Waals surface area contributed by atoms with Crippen molar-refractivity contribution in [1.82, 2.24) is 20.1 Å². The smallest absolute Gasteiger partial charge is 0.0541 e. The fraction of sp³-hybridized carbons (Fsp3) is 0.688. The monoisotopic (exact) mass is 274 g/mol. The lowest BCUT2D eigenvalue weighted by Crippen LogP contribution is -2.56. The summed E-state index contributed by atoms with van der Waals surface area (Å²) in [6.45, 7) is 9.27. The molecule has 0 bridgehead atoms. The van der Waals surface area contributed by atoms with Crippen molar-refractivity contribution in [2.24, 2.45) is 0 Å². The molecule has 2 aliphatic heterocycles. The van der Waals surface area contributed by atoms with Gasteiger partial charge in [0, 0.05) is 51.0 Å². The molecule has 4 nitrogen and oxygen atoms in total. The summed E-state index contributed by atoms with van der Waals surface area (Å²) in [5.74, 6) is 0. The Hall–Kier alpha value is -0.970. The molecule has 2 unspecified atom stereocenters. The van der Waals surface area contributed by atoms with Gasteiger partial charge in [-0.15, -0.1) is 0 Å². The summed E-state index contributed by atoms with van der Waals surface area (Å²) in [6.07, 6.45) is 4.64. The maximum absolute atomic E-state index is 4.34. The molecule has 0 saturated carbocycles. The molecule has 1 N–H and O–H groups in total. The predicted molar refractivity (Wildman–Crippen MR) is 81.6 cm³/mol. The van der Waals surface area contributed by atoms with Gasteiger partial charge in [0.05, 0.1) is 5.69 Å². The minimum absolute atomic E-state index is 0.695. The summed E-state index contributed by atoms with van der Waals surface area (Å²) < 4.78 is 0. The third-order valence-electron chi connectivity index (χ3n) is 4.67. The van der Waals surface area contributed by atoms with Crippen LogP contribution in [0.2, 0.25) is 0 Å². The zero-order valence-electron chi connectivity index (χ0n) is 12.5. The molecule has 0 aliphatic carbocycles. The van der Waals surface area contributed by atoms with Gasteiger partial charge in [0.25, 0.3) is 0 Å². The standard InChI is InChI=1S/C16H26N4/c1-14-12-20-9-4-6-16(20)13-19(14)10-8-17-11-15-5-2-3-7-18-15/h2-3,5,7,14,16-17H,4,6,8-13H2,1H3. The number of hydrogen-bond acceptors (Lipinski definition) is 4. The highest BCUT2D eigenvalue weighted by molar-refractivity contribution is 5.02. The highest BCUT2D eigenvalue weighted by Gasteiger charge is 2.33. The second-order valence-electron chi connectivity index (χ2n) is 6.13. The van der Waals surface area contributed by atoms with E-state index < -0.39 is 0 Å². The number of pyridine rings is 1. The molecule has 0 radical (unpaired) electrons. The van der Waals surface area contributed by atoms with Gasteiger partial charge in [0.15, 0.2) is 0 Å². The normalized spacial score (nSPS) is 27.6. The van der Waals surface area contributed by atoms with E-state index in [1.54, 1.807) is 0 Å². The minimum Gasteiger partial charge on any atom is -0.310 e. The molecular formula is C16H26N4. The van der Waals surface area contributed by atoms with Gasteiger partial charge in [-0.25, -0.2) is 0 Å². The summed E-state index contributed by atoms with van der Waals surface area (Å²) in [5.41, 5.74) is 1.13. The summed E-state index contributed by atoms with van der Waals surface area (Å²) in [5, 5.41) is 3.51. The zero-order chi connectivity index (χ0) is 13.8. The van der Waals surface area contributed by atoms with Gasteiger partial charge in [-0.2, -0.15) is 0 Å². The van der Waals surface area contributed by atoms with E-state index in [4.69, 9.17) is 0 Å². The van der Waals surface area contributed by atoms with Crippen LogP contribution in [0.1, 0.15) is 25.5 Å². The molecule has 20 heavy (non-hydrogen) atoms. The van der Waals surface area contributed by atoms with Gasteiger partial charge in [0.1, 0.15) is 0 Å². The molecule has 0 spiro atoms. The van der Waals surface area contributed by atoms with Crippen molar-refractivity contribution in [1.29, 1.82) is 0 Å². The molecule has 110 valence electrons. The van der Waals surface area contributed by atoms with Crippen LogP contribution in [-0.2, 0) is 6.54 Å². The molecule has 0 aromatic carbocycles. The van der Waals surface area contributed by atoms with Crippen molar-refractivity contribution < 1.29 is 0 Å². The van der Waals surface area contributed by atoms with Crippen LogP contribution in [0, 0.1) is 0 Å². The fourth-order valence-electron chi connectivity index (χ4n) is 3.50. The van der Waals surface area contributed by atoms with Crippen molar-refractivity contribution in [3.63, 3.8) is 0 Å². The Morgan fingerprint density at radius 1 is 1.35 bits per heavy atom. The topological polar surface area (TPSA) is 31.4 Å². The maximum Gasteiger partial charge on any atom is 0.0541 e. The van der Waals surface area contributed by atoms with E-state index in [1.807, 2.05) is 18.3 Å². The summed E-state index contributed by atoms with van der Waals surface area (Å²) >= 11 is 0. The van der Waals surface area contributed by atoms with E-state index in [9.17, 15) is 0 Å². The minimum atomic E-state index is 0.695. The van der Waals surface area contributed by atoms with Gasteiger partial charge in [0.2, 0.25) is 0 Å². The van der Waals surface area contributed by atoms with Gasteiger partial charge in [-0.05, 0) is 38.4 Å². The molecule has 0 amide bonds. The van der Waals surface area contributed by atoms with Crippen LogP contribution >= 0.6 is 0 Å². The zero-order valence-corrected chi connectivity index (χ0v) is 12.5. The first-order valence-electron chi connectivity index (χ1n) is 7.91. The Morgan fingerprint density at radius 2 is 2.30 bits per heavy atom. The number of hydrogen-bond donors (Lipinski definition) is 1. The van der Waals surface area contributed by atoms with Crippen molar-refractivity contribution in [3.8, 4) is 0 Å². The predicted octanol–water partition coefficient (Wildman–Crippen LogP) is 1.34. The maximum atomic E-state index is 4.34. The Labute approximate surface area is 122 Å². The Kier molecular flexibility index (Phi) is 4.65. The van der Waals surface area contributed by atoms with Crippen molar-refractivity contribution in [2.45, 2.75) is 38.4 Å². The molecule has 2 saturated heterocycles.